The molecule has 1 fully saturated rings. The number of carbonyl (C=O) groups excluding carboxylic acids is 1. The summed E-state index contributed by atoms with van der Waals surface area (Å²) in [6.07, 6.45) is 19.4. The van der Waals surface area contributed by atoms with Crippen molar-refractivity contribution < 1.29 is 19.8 Å². The fourth-order valence-corrected chi connectivity index (χ4v) is 3.69. The number of ketones is 1. The van der Waals surface area contributed by atoms with Crippen LogP contribution in [0.1, 0.15) is 90.4 Å². The van der Waals surface area contributed by atoms with Crippen molar-refractivity contribution in [2.75, 3.05) is 0 Å². The Hall–Kier alpha value is -1.42. The number of hydrogen-bond acceptors (Lipinski definition) is 3. The molecule has 154 valence electrons. The van der Waals surface area contributed by atoms with Gasteiger partial charge in [0.2, 0.25) is 0 Å². The van der Waals surface area contributed by atoms with Crippen LogP contribution in [0, 0.1) is 11.8 Å². The van der Waals surface area contributed by atoms with E-state index in [1.807, 2.05) is 6.08 Å². The van der Waals surface area contributed by atoms with E-state index >= 15 is 0 Å². The lowest BCUT2D eigenvalue weighted by atomic mass is 9.91. The Bertz CT molecular complexity index is 481. The number of allylic oxidation sites excluding steroid dienone is 3. The van der Waals surface area contributed by atoms with Crippen molar-refractivity contribution in [2.45, 2.75) is 96.5 Å². The van der Waals surface area contributed by atoms with Crippen molar-refractivity contribution >= 4 is 11.8 Å². The molecule has 3 unspecified atom stereocenters. The Labute approximate surface area is 164 Å². The van der Waals surface area contributed by atoms with Crippen LogP contribution in [-0.2, 0) is 9.59 Å². The van der Waals surface area contributed by atoms with Crippen molar-refractivity contribution in [3.05, 3.63) is 24.3 Å². The number of aliphatic hydroxyl groups is 1. The van der Waals surface area contributed by atoms with Crippen LogP contribution in [0.3, 0.4) is 0 Å². The number of aliphatic carboxylic acids is 1. The molecule has 1 rings (SSSR count). The third-order valence-electron chi connectivity index (χ3n) is 5.41. The van der Waals surface area contributed by atoms with Gasteiger partial charge in [-0.1, -0.05) is 63.3 Å². The number of aliphatic hydroxyl groups excluding tert-OH is 1. The lowest BCUT2D eigenvalue weighted by molar-refractivity contribution is -0.137. The fraction of sp³-hybridized carbons (Fsp3) is 0.739. The van der Waals surface area contributed by atoms with Crippen molar-refractivity contribution in [1.82, 2.24) is 0 Å². The SMILES string of the molecule is CCCCCCCC(O)C=CC1CCC(=O)C1CC=CCCCCC(=O)O. The van der Waals surface area contributed by atoms with E-state index in [0.29, 0.717) is 18.6 Å². The van der Waals surface area contributed by atoms with E-state index in [1.54, 1.807) is 0 Å². The highest BCUT2D eigenvalue weighted by Crippen LogP contribution is 2.33. The molecular weight excluding hydrogens is 340 g/mol. The van der Waals surface area contributed by atoms with E-state index in [-0.39, 0.29) is 18.3 Å². The van der Waals surface area contributed by atoms with E-state index in [4.69, 9.17) is 5.11 Å². The minimum atomic E-state index is -0.742. The predicted molar refractivity (Wildman–Crippen MR) is 110 cm³/mol. The maximum Gasteiger partial charge on any atom is 0.303 e. The molecule has 1 saturated carbocycles. The lowest BCUT2D eigenvalue weighted by Gasteiger charge is -2.14. The Kier molecular flexibility index (Phi) is 12.8. The Morgan fingerprint density at radius 1 is 1.15 bits per heavy atom. The van der Waals surface area contributed by atoms with E-state index in [0.717, 1.165) is 38.5 Å². The summed E-state index contributed by atoms with van der Waals surface area (Å²) in [5.74, 6) is -0.139. The highest BCUT2D eigenvalue weighted by Gasteiger charge is 2.31. The minimum absolute atomic E-state index is 0.0354. The molecular formula is C23H38O4. The minimum Gasteiger partial charge on any atom is -0.481 e. The van der Waals surface area contributed by atoms with Crippen molar-refractivity contribution in [3.63, 3.8) is 0 Å². The Balaban J connectivity index is 2.28. The van der Waals surface area contributed by atoms with Crippen LogP contribution in [0.25, 0.3) is 0 Å². The molecule has 2 N–H and O–H groups in total. The molecule has 0 aliphatic heterocycles. The fourth-order valence-electron chi connectivity index (χ4n) is 3.69. The first-order chi connectivity index (χ1) is 13.0. The number of hydrogen-bond donors (Lipinski definition) is 2. The molecule has 0 radical (unpaired) electrons. The normalized spacial score (nSPS) is 21.5. The second-order valence-corrected chi connectivity index (χ2v) is 7.78. The maximum absolute atomic E-state index is 12.1. The number of rotatable bonds is 15. The van der Waals surface area contributed by atoms with Gasteiger partial charge in [-0.3, -0.25) is 9.59 Å². The van der Waals surface area contributed by atoms with Gasteiger partial charge in [0.05, 0.1) is 6.10 Å². The average Bonchev–Trinajstić information content (AvgIpc) is 2.98. The van der Waals surface area contributed by atoms with Crippen molar-refractivity contribution in [3.8, 4) is 0 Å². The first kappa shape index (κ1) is 23.6. The molecule has 1 aliphatic carbocycles. The summed E-state index contributed by atoms with van der Waals surface area (Å²) in [6.45, 7) is 2.20. The smallest absolute Gasteiger partial charge is 0.303 e. The quantitative estimate of drug-likeness (QED) is 0.293. The van der Waals surface area contributed by atoms with Gasteiger partial charge in [0.25, 0.3) is 0 Å². The second kappa shape index (κ2) is 14.6. The maximum atomic E-state index is 12.1. The predicted octanol–water partition coefficient (Wildman–Crippen LogP) is 5.45. The first-order valence-corrected chi connectivity index (χ1v) is 10.8. The van der Waals surface area contributed by atoms with Gasteiger partial charge < -0.3 is 10.2 Å². The summed E-state index contributed by atoms with van der Waals surface area (Å²) in [6, 6.07) is 0. The third-order valence-corrected chi connectivity index (χ3v) is 5.41. The first-order valence-electron chi connectivity index (χ1n) is 10.8. The summed E-state index contributed by atoms with van der Waals surface area (Å²) in [4.78, 5) is 22.6. The van der Waals surface area contributed by atoms with Crippen LogP contribution in [0.4, 0.5) is 0 Å². The van der Waals surface area contributed by atoms with E-state index in [1.165, 1.54) is 25.7 Å². The molecule has 0 aromatic rings. The van der Waals surface area contributed by atoms with Gasteiger partial charge in [0.1, 0.15) is 5.78 Å². The monoisotopic (exact) mass is 378 g/mol. The number of carboxylic acid groups (broad SMARTS) is 1. The highest BCUT2D eigenvalue weighted by atomic mass is 16.4. The van der Waals surface area contributed by atoms with Crippen molar-refractivity contribution in [2.24, 2.45) is 11.8 Å². The molecule has 3 atom stereocenters. The number of unbranched alkanes of at least 4 members (excludes halogenated alkanes) is 6. The van der Waals surface area contributed by atoms with Gasteiger partial charge in [-0.15, -0.1) is 0 Å². The molecule has 0 spiro atoms. The van der Waals surface area contributed by atoms with Crippen molar-refractivity contribution in [1.29, 1.82) is 0 Å². The number of Topliss-reactive ketones (excluding diaryl/α,β-unsaturated/α-hetero) is 1. The van der Waals surface area contributed by atoms with Gasteiger partial charge in [-0.2, -0.15) is 0 Å². The standard InChI is InChI=1S/C23H38O4/c1-2-3-4-6-9-12-20(24)17-15-19-16-18-22(25)21(19)13-10-7-5-8-11-14-23(26)27/h7,10,15,17,19-21,24H,2-6,8-9,11-14,16,18H2,1H3,(H,26,27). The molecule has 4 nitrogen and oxygen atoms in total. The van der Waals surface area contributed by atoms with Crippen LogP contribution >= 0.6 is 0 Å². The number of carboxylic acids is 1. The molecule has 1 aliphatic rings. The van der Waals surface area contributed by atoms with Gasteiger partial charge in [-0.25, -0.2) is 0 Å². The molecule has 0 amide bonds. The van der Waals surface area contributed by atoms with Gasteiger partial charge in [0.15, 0.2) is 0 Å². The number of carbonyl (C=O) groups is 2. The largest absolute Gasteiger partial charge is 0.481 e. The zero-order valence-electron chi connectivity index (χ0n) is 16.9. The van der Waals surface area contributed by atoms with Gasteiger partial charge in [-0.05, 0) is 44.4 Å². The molecule has 0 heterocycles. The van der Waals surface area contributed by atoms with E-state index in [2.05, 4.69) is 25.2 Å². The molecule has 27 heavy (non-hydrogen) atoms. The summed E-state index contributed by atoms with van der Waals surface area (Å²) in [7, 11) is 0. The van der Waals surface area contributed by atoms with Gasteiger partial charge >= 0.3 is 5.97 Å². The van der Waals surface area contributed by atoms with Crippen LogP contribution in [-0.4, -0.2) is 28.1 Å². The Morgan fingerprint density at radius 3 is 2.67 bits per heavy atom. The zero-order chi connectivity index (χ0) is 19.9. The highest BCUT2D eigenvalue weighted by molar-refractivity contribution is 5.83. The van der Waals surface area contributed by atoms with Crippen LogP contribution in [0.15, 0.2) is 24.3 Å². The van der Waals surface area contributed by atoms with E-state index in [9.17, 15) is 14.7 Å². The van der Waals surface area contributed by atoms with Crippen LogP contribution in [0.2, 0.25) is 0 Å². The zero-order valence-corrected chi connectivity index (χ0v) is 16.9. The molecule has 4 heteroatoms. The molecule has 0 bridgehead atoms. The molecule has 0 saturated heterocycles. The molecule has 0 aromatic carbocycles. The molecule has 0 aromatic heterocycles. The second-order valence-electron chi connectivity index (χ2n) is 7.78. The van der Waals surface area contributed by atoms with Crippen LogP contribution in [0.5, 0.6) is 0 Å². The third kappa shape index (κ3) is 11.1. The topological polar surface area (TPSA) is 74.6 Å². The summed E-state index contributed by atoms with van der Waals surface area (Å²) < 4.78 is 0. The summed E-state index contributed by atoms with van der Waals surface area (Å²) in [5, 5.41) is 18.7. The Morgan fingerprint density at radius 2 is 1.93 bits per heavy atom. The average molecular weight is 379 g/mol. The van der Waals surface area contributed by atoms with E-state index < -0.39 is 12.1 Å². The van der Waals surface area contributed by atoms with Crippen LogP contribution < -0.4 is 0 Å². The summed E-state index contributed by atoms with van der Waals surface area (Å²) >= 11 is 0. The lowest BCUT2D eigenvalue weighted by Crippen LogP contribution is -2.13. The summed E-state index contributed by atoms with van der Waals surface area (Å²) in [5.41, 5.74) is 0. The van der Waals surface area contributed by atoms with Gasteiger partial charge in [0, 0.05) is 18.8 Å².